The van der Waals surface area contributed by atoms with Crippen LogP contribution in [0.5, 0.6) is 0 Å². The molecule has 3 aromatic rings. The molecule has 0 amide bonds. The van der Waals surface area contributed by atoms with Crippen LogP contribution >= 0.6 is 0 Å². The van der Waals surface area contributed by atoms with Crippen LogP contribution < -0.4 is 0 Å². The zero-order valence-electron chi connectivity index (χ0n) is 22.5. The van der Waals surface area contributed by atoms with Crippen molar-refractivity contribution >= 4 is 16.0 Å². The highest BCUT2D eigenvalue weighted by molar-refractivity contribution is 7.89. The Morgan fingerprint density at radius 1 is 1.29 bits per heavy atom. The van der Waals surface area contributed by atoms with Gasteiger partial charge < -0.3 is 9.84 Å². The third-order valence-electron chi connectivity index (χ3n) is 7.11. The quantitative estimate of drug-likeness (QED) is 0.434. The molecule has 2 aromatic heterocycles. The number of fused-ring (bicyclic) bond motifs is 1. The highest BCUT2D eigenvalue weighted by atomic mass is 32.2. The molecule has 0 unspecified atom stereocenters. The topological polar surface area (TPSA) is 128 Å². The molecule has 0 fully saturated rings. The number of carboxylic acids is 1. The van der Waals surface area contributed by atoms with Gasteiger partial charge in [0.15, 0.2) is 0 Å². The molecule has 11 heteroatoms. The van der Waals surface area contributed by atoms with Crippen LogP contribution in [0, 0.1) is 18.3 Å². The molecule has 1 aliphatic rings. The lowest BCUT2D eigenvalue weighted by Crippen LogP contribution is -2.34. The second kappa shape index (κ2) is 10.9. The van der Waals surface area contributed by atoms with Crippen LogP contribution in [-0.4, -0.2) is 50.3 Å². The maximum atomic E-state index is 13.6. The first-order valence-corrected chi connectivity index (χ1v) is 14.1. The molecule has 1 aliphatic heterocycles. The Morgan fingerprint density at radius 2 is 2.05 bits per heavy atom. The number of hydrogen-bond acceptors (Lipinski definition) is 7. The normalized spacial score (nSPS) is 18.5. The van der Waals surface area contributed by atoms with Crippen molar-refractivity contribution < 1.29 is 23.1 Å². The van der Waals surface area contributed by atoms with Gasteiger partial charge in [0.1, 0.15) is 10.6 Å². The Morgan fingerprint density at radius 3 is 2.74 bits per heavy atom. The molecule has 3 heterocycles. The van der Waals surface area contributed by atoms with E-state index in [1.807, 2.05) is 39.0 Å². The van der Waals surface area contributed by atoms with Crippen molar-refractivity contribution in [2.75, 3.05) is 6.54 Å². The number of aromatic nitrogens is 4. The first-order chi connectivity index (χ1) is 17.9. The minimum absolute atomic E-state index is 0.0897. The second-order valence-electron chi connectivity index (χ2n) is 10.6. The summed E-state index contributed by atoms with van der Waals surface area (Å²) in [6.07, 6.45) is 4.65. The second-order valence-corrected chi connectivity index (χ2v) is 12.5. The van der Waals surface area contributed by atoms with Gasteiger partial charge in [-0.3, -0.25) is 14.5 Å². The zero-order chi connectivity index (χ0) is 27.7. The van der Waals surface area contributed by atoms with Crippen LogP contribution in [0.25, 0.3) is 0 Å². The average Bonchev–Trinajstić information content (AvgIpc) is 3.30. The van der Waals surface area contributed by atoms with E-state index < -0.39 is 27.5 Å². The molecule has 38 heavy (non-hydrogen) atoms. The molecule has 0 aliphatic carbocycles. The summed E-state index contributed by atoms with van der Waals surface area (Å²) in [6.45, 7) is 10.4. The predicted molar refractivity (Wildman–Crippen MR) is 141 cm³/mol. The maximum absolute atomic E-state index is 13.6. The lowest BCUT2D eigenvalue weighted by Gasteiger charge is -2.31. The molecular formula is C27H35N5O5S. The lowest BCUT2D eigenvalue weighted by atomic mass is 9.81. The fourth-order valence-electron chi connectivity index (χ4n) is 4.76. The molecule has 0 bridgehead atoms. The first-order valence-electron chi connectivity index (χ1n) is 12.7. The lowest BCUT2D eigenvalue weighted by molar-refractivity contribution is -0.158. The van der Waals surface area contributed by atoms with Gasteiger partial charge in [0.25, 0.3) is 0 Å². The smallest absolute Gasteiger partial charge is 0.312 e. The van der Waals surface area contributed by atoms with Crippen molar-refractivity contribution in [1.29, 1.82) is 0 Å². The molecule has 204 valence electrons. The van der Waals surface area contributed by atoms with Crippen molar-refractivity contribution in [2.45, 2.75) is 71.7 Å². The van der Waals surface area contributed by atoms with E-state index in [4.69, 9.17) is 4.74 Å². The van der Waals surface area contributed by atoms with Gasteiger partial charge in [-0.2, -0.15) is 4.31 Å². The third kappa shape index (κ3) is 5.64. The summed E-state index contributed by atoms with van der Waals surface area (Å²) in [5.74, 6) is -0.884. The fourth-order valence-corrected chi connectivity index (χ4v) is 6.47. The van der Waals surface area contributed by atoms with Crippen LogP contribution in [-0.2, 0) is 45.7 Å². The molecule has 0 spiro atoms. The largest absolute Gasteiger partial charge is 0.481 e. The number of aliphatic carboxylic acids is 1. The third-order valence-corrected chi connectivity index (χ3v) is 8.99. The highest BCUT2D eigenvalue weighted by Crippen LogP contribution is 2.39. The van der Waals surface area contributed by atoms with Gasteiger partial charge in [-0.1, -0.05) is 30.3 Å². The standard InChI is InChI=1S/C27H35N5O5S/c1-6-31-16-23(29-30-31)17-37-25(27(4,5)26(33)34)21-8-7-19(3)22(12-21)15-32-14-18(2)11-20-9-10-28-13-24(20)38(32,35)36/h7-10,12-13,16,18,25H,6,11,14-15,17H2,1-5H3,(H,33,34)/t18-,25-/m1/s1. The number of ether oxygens (including phenoxy) is 1. The van der Waals surface area contributed by atoms with E-state index >= 15 is 0 Å². The number of hydrogen-bond donors (Lipinski definition) is 1. The van der Waals surface area contributed by atoms with Crippen LogP contribution in [0.15, 0.2) is 47.8 Å². The summed E-state index contributed by atoms with van der Waals surface area (Å²) in [5, 5.41) is 18.1. The molecule has 2 atom stereocenters. The maximum Gasteiger partial charge on any atom is 0.312 e. The molecule has 1 aromatic carbocycles. The molecule has 1 N–H and O–H groups in total. The van der Waals surface area contributed by atoms with Crippen LogP contribution in [0.2, 0.25) is 0 Å². The van der Waals surface area contributed by atoms with Gasteiger partial charge in [-0.15, -0.1) is 5.10 Å². The van der Waals surface area contributed by atoms with Crippen molar-refractivity contribution in [3.8, 4) is 0 Å². The van der Waals surface area contributed by atoms with Crippen molar-refractivity contribution in [3.05, 3.63) is 70.8 Å². The predicted octanol–water partition coefficient (Wildman–Crippen LogP) is 3.75. The first kappa shape index (κ1) is 27.9. The highest BCUT2D eigenvalue weighted by Gasteiger charge is 2.40. The number of pyridine rings is 1. The summed E-state index contributed by atoms with van der Waals surface area (Å²) in [6, 6.07) is 7.36. The summed E-state index contributed by atoms with van der Waals surface area (Å²) < 4.78 is 36.6. The van der Waals surface area contributed by atoms with Gasteiger partial charge >= 0.3 is 5.97 Å². The number of carbonyl (C=O) groups is 1. The number of aryl methyl sites for hydroxylation is 2. The number of nitrogens with zero attached hydrogens (tertiary/aromatic N) is 5. The fraction of sp³-hybridized carbons (Fsp3) is 0.481. The van der Waals surface area contributed by atoms with Crippen molar-refractivity contribution in [1.82, 2.24) is 24.3 Å². The molecule has 10 nitrogen and oxygen atoms in total. The van der Waals surface area contributed by atoms with E-state index in [1.54, 1.807) is 37.0 Å². The number of sulfonamides is 1. The summed E-state index contributed by atoms with van der Waals surface area (Å²) in [7, 11) is -3.76. The van der Waals surface area contributed by atoms with Crippen molar-refractivity contribution in [2.24, 2.45) is 11.3 Å². The number of rotatable bonds is 9. The Hall–Kier alpha value is -3.15. The number of benzene rings is 1. The van der Waals surface area contributed by atoms with Crippen molar-refractivity contribution in [3.63, 3.8) is 0 Å². The van der Waals surface area contributed by atoms with E-state index in [0.29, 0.717) is 30.8 Å². The molecular weight excluding hydrogens is 506 g/mol. The number of carboxylic acid groups (broad SMARTS) is 1. The van der Waals surface area contributed by atoms with E-state index in [-0.39, 0.29) is 24.0 Å². The minimum atomic E-state index is -3.76. The van der Waals surface area contributed by atoms with Gasteiger partial charge in [-0.05, 0) is 68.4 Å². The summed E-state index contributed by atoms with van der Waals surface area (Å²) >= 11 is 0. The van der Waals surface area contributed by atoms with E-state index in [9.17, 15) is 18.3 Å². The Balaban J connectivity index is 1.67. The molecule has 0 saturated carbocycles. The van der Waals surface area contributed by atoms with Gasteiger partial charge in [0.2, 0.25) is 10.0 Å². The Labute approximate surface area is 223 Å². The summed E-state index contributed by atoms with van der Waals surface area (Å²) in [5.41, 5.74) is 2.46. The van der Waals surface area contributed by atoms with Gasteiger partial charge in [-0.25, -0.2) is 8.42 Å². The van der Waals surface area contributed by atoms with Crippen LogP contribution in [0.1, 0.15) is 61.7 Å². The molecule has 0 radical (unpaired) electrons. The molecule has 4 rings (SSSR count). The zero-order valence-corrected chi connectivity index (χ0v) is 23.3. The summed E-state index contributed by atoms with van der Waals surface area (Å²) in [4.78, 5) is 16.5. The SMILES string of the molecule is CCn1cc(CO[C@H](c2ccc(C)c(CN3C[C@H](C)Cc4ccncc4S3(=O)=O)c2)C(C)(C)C(=O)O)nn1. The van der Waals surface area contributed by atoms with Gasteiger partial charge in [0, 0.05) is 32.0 Å². The van der Waals surface area contributed by atoms with Crippen LogP contribution in [0.3, 0.4) is 0 Å². The van der Waals surface area contributed by atoms with Crippen LogP contribution in [0.4, 0.5) is 0 Å². The Bertz CT molecular complexity index is 1420. The monoisotopic (exact) mass is 541 g/mol. The minimum Gasteiger partial charge on any atom is -0.481 e. The van der Waals surface area contributed by atoms with E-state index in [2.05, 4.69) is 15.3 Å². The van der Waals surface area contributed by atoms with E-state index in [0.717, 1.165) is 16.7 Å². The molecule has 0 saturated heterocycles. The van der Waals surface area contributed by atoms with Gasteiger partial charge in [0.05, 0.1) is 24.3 Å². The Kier molecular flexibility index (Phi) is 8.01. The average molecular weight is 542 g/mol. The van der Waals surface area contributed by atoms with E-state index in [1.165, 1.54) is 10.5 Å².